The Kier molecular flexibility index (Phi) is 4.77. The van der Waals surface area contributed by atoms with E-state index in [0.29, 0.717) is 11.0 Å². The lowest BCUT2D eigenvalue weighted by atomic mass is 9.87. The molecule has 0 bridgehead atoms. The fourth-order valence-corrected chi connectivity index (χ4v) is 8.86. The van der Waals surface area contributed by atoms with Crippen LogP contribution >= 0.6 is 22.9 Å². The molecule has 0 N–H and O–H groups in total. The number of nitrogens with zero attached hydrogens (tertiary/aromatic N) is 3. The van der Waals surface area contributed by atoms with Crippen molar-refractivity contribution in [2.24, 2.45) is 0 Å². The maximum Gasteiger partial charge on any atom is 0.176 e. The van der Waals surface area contributed by atoms with Crippen molar-refractivity contribution < 1.29 is 0 Å². The predicted molar refractivity (Wildman–Crippen MR) is 183 cm³/mol. The van der Waals surface area contributed by atoms with Crippen LogP contribution in [-0.4, -0.2) is 9.97 Å². The SMILES string of the molecule is Clc1nc2ccc3ccccc3c2nc1N1C2=CC=CCC2c2c1c1sc3cc4ccccc4cc3c1c1ccccc21. The number of fused-ring (bicyclic) bond motifs is 14. The van der Waals surface area contributed by atoms with Gasteiger partial charge in [0.25, 0.3) is 0 Å². The van der Waals surface area contributed by atoms with Crippen LogP contribution in [0.15, 0.2) is 121 Å². The van der Waals surface area contributed by atoms with E-state index in [0.717, 1.165) is 28.2 Å². The summed E-state index contributed by atoms with van der Waals surface area (Å²) in [5.41, 5.74) is 5.42. The third-order valence-corrected chi connectivity index (χ3v) is 10.6. The fraction of sp³-hybridized carbons (Fsp3) is 0.0526. The van der Waals surface area contributed by atoms with Gasteiger partial charge in [-0.15, -0.1) is 11.3 Å². The van der Waals surface area contributed by atoms with E-state index in [4.69, 9.17) is 21.6 Å². The molecule has 202 valence electrons. The Morgan fingerprint density at radius 3 is 2.35 bits per heavy atom. The third-order valence-electron chi connectivity index (χ3n) is 9.19. The van der Waals surface area contributed by atoms with Crippen LogP contribution in [0.1, 0.15) is 17.9 Å². The molecule has 1 aliphatic heterocycles. The summed E-state index contributed by atoms with van der Waals surface area (Å²) >= 11 is 8.97. The van der Waals surface area contributed by atoms with Crippen molar-refractivity contribution in [2.45, 2.75) is 12.3 Å². The first kappa shape index (κ1) is 23.8. The molecule has 1 unspecified atom stereocenters. The molecule has 2 aromatic heterocycles. The number of thiophene rings is 1. The molecule has 6 aromatic carbocycles. The van der Waals surface area contributed by atoms with E-state index >= 15 is 0 Å². The minimum atomic E-state index is 0.208. The average Bonchev–Trinajstić information content (AvgIpc) is 3.59. The van der Waals surface area contributed by atoms with Gasteiger partial charge in [-0.2, -0.15) is 0 Å². The molecular weight excluding hydrogens is 566 g/mol. The summed E-state index contributed by atoms with van der Waals surface area (Å²) in [6.07, 6.45) is 7.61. The van der Waals surface area contributed by atoms with E-state index in [1.807, 2.05) is 17.4 Å². The Balaban J connectivity index is 1.37. The highest BCUT2D eigenvalue weighted by molar-refractivity contribution is 7.26. The van der Waals surface area contributed by atoms with Crippen LogP contribution in [-0.2, 0) is 0 Å². The minimum absolute atomic E-state index is 0.208. The van der Waals surface area contributed by atoms with Gasteiger partial charge < -0.3 is 0 Å². The lowest BCUT2D eigenvalue weighted by Gasteiger charge is -2.24. The van der Waals surface area contributed by atoms with Crippen LogP contribution in [0.3, 0.4) is 0 Å². The highest BCUT2D eigenvalue weighted by Gasteiger charge is 2.40. The van der Waals surface area contributed by atoms with E-state index in [1.165, 1.54) is 58.7 Å². The number of halogens is 1. The standard InChI is InChI=1S/C38H22ClN3S/c39-37-38(41-34-24-12-4-3-9-21(24)17-18-29(34)40-37)42-30-16-8-7-15-27(30)32-25-13-5-6-14-26(25)33-28-19-22-10-1-2-11-23(22)20-31(28)43-36(33)35(32)42/h1-14,16-20,27H,15H2. The van der Waals surface area contributed by atoms with E-state index < -0.39 is 0 Å². The molecule has 0 fully saturated rings. The Labute approximate surface area is 256 Å². The van der Waals surface area contributed by atoms with Crippen molar-refractivity contribution in [1.82, 2.24) is 9.97 Å². The topological polar surface area (TPSA) is 29.0 Å². The normalized spacial score (nSPS) is 16.2. The predicted octanol–water partition coefficient (Wildman–Crippen LogP) is 11.2. The molecule has 0 saturated carbocycles. The average molecular weight is 588 g/mol. The zero-order valence-electron chi connectivity index (χ0n) is 22.9. The number of hydrogen-bond acceptors (Lipinski definition) is 4. The monoisotopic (exact) mass is 587 g/mol. The van der Waals surface area contributed by atoms with Crippen LogP contribution in [0.2, 0.25) is 5.15 Å². The molecule has 10 rings (SSSR count). The third kappa shape index (κ3) is 3.20. The molecule has 2 aliphatic rings. The number of rotatable bonds is 1. The maximum absolute atomic E-state index is 7.09. The summed E-state index contributed by atoms with van der Waals surface area (Å²) in [6.45, 7) is 0. The summed E-state index contributed by atoms with van der Waals surface area (Å²) in [5, 5.41) is 10.3. The molecule has 1 atom stereocenters. The van der Waals surface area contributed by atoms with Gasteiger partial charge in [0.05, 0.1) is 21.4 Å². The van der Waals surface area contributed by atoms with Crippen LogP contribution in [0.25, 0.3) is 63.5 Å². The summed E-state index contributed by atoms with van der Waals surface area (Å²) in [4.78, 5) is 12.6. The number of anilines is 2. The number of benzene rings is 6. The van der Waals surface area contributed by atoms with Gasteiger partial charge in [-0.05, 0) is 63.2 Å². The van der Waals surface area contributed by atoms with Gasteiger partial charge in [-0.25, -0.2) is 9.97 Å². The second-order valence-electron chi connectivity index (χ2n) is 11.4. The maximum atomic E-state index is 7.09. The smallest absolute Gasteiger partial charge is 0.176 e. The highest BCUT2D eigenvalue weighted by Crippen LogP contribution is 2.59. The lowest BCUT2D eigenvalue weighted by molar-refractivity contribution is 0.822. The Hall–Kier alpha value is -4.77. The number of allylic oxidation sites excluding steroid dienone is 4. The Morgan fingerprint density at radius 1 is 0.744 bits per heavy atom. The van der Waals surface area contributed by atoms with Gasteiger partial charge in [-0.1, -0.05) is 103 Å². The quantitative estimate of drug-likeness (QED) is 0.179. The van der Waals surface area contributed by atoms with Crippen molar-refractivity contribution >= 4 is 98.0 Å². The number of hydrogen-bond donors (Lipinski definition) is 0. The van der Waals surface area contributed by atoms with Gasteiger partial charge >= 0.3 is 0 Å². The molecule has 8 aromatic rings. The zero-order chi connectivity index (χ0) is 28.2. The molecule has 43 heavy (non-hydrogen) atoms. The first-order valence-corrected chi connectivity index (χ1v) is 15.8. The second kappa shape index (κ2) is 8.63. The second-order valence-corrected chi connectivity index (χ2v) is 12.9. The molecule has 3 heterocycles. The van der Waals surface area contributed by atoms with E-state index in [1.54, 1.807) is 0 Å². The van der Waals surface area contributed by atoms with E-state index in [2.05, 4.69) is 114 Å². The summed E-state index contributed by atoms with van der Waals surface area (Å²) < 4.78 is 2.56. The van der Waals surface area contributed by atoms with Gasteiger partial charge in [0, 0.05) is 32.5 Å². The molecule has 1 aliphatic carbocycles. The van der Waals surface area contributed by atoms with Crippen LogP contribution < -0.4 is 4.90 Å². The van der Waals surface area contributed by atoms with Crippen molar-refractivity contribution in [3.05, 3.63) is 132 Å². The minimum Gasteiger partial charge on any atom is -0.294 e. The van der Waals surface area contributed by atoms with Gasteiger partial charge in [0.2, 0.25) is 0 Å². The molecule has 3 nitrogen and oxygen atoms in total. The first-order chi connectivity index (χ1) is 21.2. The molecule has 5 heteroatoms. The van der Waals surface area contributed by atoms with Crippen LogP contribution in [0.4, 0.5) is 11.5 Å². The molecule has 0 radical (unpaired) electrons. The van der Waals surface area contributed by atoms with Gasteiger partial charge in [-0.3, -0.25) is 4.90 Å². The van der Waals surface area contributed by atoms with Gasteiger partial charge in [0.15, 0.2) is 11.0 Å². The molecular formula is C38H22ClN3S. The highest BCUT2D eigenvalue weighted by atomic mass is 35.5. The first-order valence-electron chi connectivity index (χ1n) is 14.6. The van der Waals surface area contributed by atoms with Gasteiger partial charge in [0.1, 0.15) is 0 Å². The largest absolute Gasteiger partial charge is 0.294 e. The summed E-state index contributed by atoms with van der Waals surface area (Å²) in [7, 11) is 0. The van der Waals surface area contributed by atoms with Crippen molar-refractivity contribution in [3.8, 4) is 0 Å². The van der Waals surface area contributed by atoms with E-state index in [9.17, 15) is 0 Å². The van der Waals surface area contributed by atoms with Crippen LogP contribution in [0.5, 0.6) is 0 Å². The Morgan fingerprint density at radius 2 is 1.49 bits per heavy atom. The van der Waals surface area contributed by atoms with Crippen molar-refractivity contribution in [2.75, 3.05) is 4.90 Å². The molecule has 0 spiro atoms. The number of aromatic nitrogens is 2. The van der Waals surface area contributed by atoms with Crippen molar-refractivity contribution in [1.29, 1.82) is 0 Å². The molecule has 0 saturated heterocycles. The summed E-state index contributed by atoms with van der Waals surface area (Å²) in [5.74, 6) is 0.898. The van der Waals surface area contributed by atoms with Crippen molar-refractivity contribution in [3.63, 3.8) is 0 Å². The van der Waals surface area contributed by atoms with E-state index in [-0.39, 0.29) is 5.92 Å². The fourth-order valence-electron chi connectivity index (χ4n) is 7.35. The Bertz CT molecular complexity index is 2580. The zero-order valence-corrected chi connectivity index (χ0v) is 24.5. The lowest BCUT2D eigenvalue weighted by Crippen LogP contribution is -2.17. The summed E-state index contributed by atoms with van der Waals surface area (Å²) in [6, 6.07) is 34.7. The molecule has 0 amide bonds. The van der Waals surface area contributed by atoms with Crippen LogP contribution in [0, 0.1) is 0 Å².